The average molecular weight is 354 g/mol. The van der Waals surface area contributed by atoms with Gasteiger partial charge >= 0.3 is 5.97 Å². The second kappa shape index (κ2) is 6.54. The lowest BCUT2D eigenvalue weighted by atomic mass is 10.2. The van der Waals surface area contributed by atoms with Crippen molar-refractivity contribution in [1.82, 2.24) is 0 Å². The number of oxime groups is 1. The van der Waals surface area contributed by atoms with Crippen molar-refractivity contribution in [3.05, 3.63) is 69.2 Å². The second-order valence-corrected chi connectivity index (χ2v) is 5.17. The summed E-state index contributed by atoms with van der Waals surface area (Å²) in [6.07, 6.45) is 0. The van der Waals surface area contributed by atoms with E-state index < -0.39 is 5.97 Å². The summed E-state index contributed by atoms with van der Waals surface area (Å²) in [7, 11) is 0. The van der Waals surface area contributed by atoms with Crippen molar-refractivity contribution >= 4 is 39.3 Å². The zero-order valence-corrected chi connectivity index (χ0v) is 12.6. The maximum absolute atomic E-state index is 11.8. The van der Waals surface area contributed by atoms with Gasteiger partial charge in [-0.1, -0.05) is 57.0 Å². The molecule has 2 rings (SSSR count). The third-order valence-corrected chi connectivity index (χ3v) is 3.26. The molecule has 0 aliphatic heterocycles. The molecule has 6 heteroatoms. The van der Waals surface area contributed by atoms with E-state index in [9.17, 15) is 4.79 Å². The number of hydrogen-bond acceptors (Lipinski definition) is 3. The number of amidine groups is 1. The molecule has 0 aliphatic rings. The number of carbonyl (C=O) groups excluding carboxylic acids is 1. The minimum atomic E-state index is -0.659. The molecule has 0 fully saturated rings. The quantitative estimate of drug-likeness (QED) is 0.397. The highest BCUT2D eigenvalue weighted by molar-refractivity contribution is 9.10. The van der Waals surface area contributed by atoms with E-state index in [1.807, 2.05) is 6.07 Å². The van der Waals surface area contributed by atoms with Gasteiger partial charge in [0.05, 0.1) is 10.6 Å². The number of halogens is 2. The van der Waals surface area contributed by atoms with Gasteiger partial charge in [0.1, 0.15) is 0 Å². The first-order valence-corrected chi connectivity index (χ1v) is 6.80. The number of hydrogen-bond donors (Lipinski definition) is 1. The summed E-state index contributed by atoms with van der Waals surface area (Å²) in [5.41, 5.74) is 6.63. The smallest absolute Gasteiger partial charge is 0.367 e. The van der Waals surface area contributed by atoms with Crippen LogP contribution >= 0.6 is 27.5 Å². The number of rotatable bonds is 3. The first-order valence-electron chi connectivity index (χ1n) is 5.63. The van der Waals surface area contributed by atoms with Crippen molar-refractivity contribution in [2.75, 3.05) is 0 Å². The molecule has 2 aromatic carbocycles. The van der Waals surface area contributed by atoms with Crippen molar-refractivity contribution < 1.29 is 9.63 Å². The molecular weight excluding hydrogens is 344 g/mol. The topological polar surface area (TPSA) is 64.7 Å². The molecule has 0 radical (unpaired) electrons. The Balaban J connectivity index is 2.13. The van der Waals surface area contributed by atoms with Gasteiger partial charge in [-0.25, -0.2) is 4.79 Å². The average Bonchev–Trinajstić information content (AvgIpc) is 2.45. The van der Waals surface area contributed by atoms with Gasteiger partial charge in [-0.05, 0) is 24.3 Å². The van der Waals surface area contributed by atoms with Crippen molar-refractivity contribution in [1.29, 1.82) is 0 Å². The Morgan fingerprint density at radius 3 is 2.65 bits per heavy atom. The molecule has 0 bridgehead atoms. The lowest BCUT2D eigenvalue weighted by Gasteiger charge is -2.03. The monoisotopic (exact) mass is 352 g/mol. The molecule has 0 aliphatic carbocycles. The lowest BCUT2D eigenvalue weighted by Crippen LogP contribution is -2.15. The zero-order valence-electron chi connectivity index (χ0n) is 10.2. The molecule has 102 valence electrons. The summed E-state index contributed by atoms with van der Waals surface area (Å²) in [6, 6.07) is 13.7. The van der Waals surface area contributed by atoms with Crippen molar-refractivity contribution in [2.24, 2.45) is 10.9 Å². The van der Waals surface area contributed by atoms with Crippen molar-refractivity contribution in [3.8, 4) is 0 Å². The standard InChI is InChI=1S/C14H10BrClN2O2/c15-10-5-3-4-9(8-10)13(17)18-20-14(19)11-6-1-2-7-12(11)16/h1-8H,(H2,17,18). The van der Waals surface area contributed by atoms with Gasteiger partial charge in [0, 0.05) is 10.0 Å². The fourth-order valence-electron chi connectivity index (χ4n) is 1.47. The highest BCUT2D eigenvalue weighted by Crippen LogP contribution is 2.16. The summed E-state index contributed by atoms with van der Waals surface area (Å²) in [5, 5.41) is 3.92. The van der Waals surface area contributed by atoms with Crippen LogP contribution in [0.1, 0.15) is 15.9 Å². The molecular formula is C14H10BrClN2O2. The predicted molar refractivity (Wildman–Crippen MR) is 81.7 cm³/mol. The van der Waals surface area contributed by atoms with E-state index in [2.05, 4.69) is 21.1 Å². The van der Waals surface area contributed by atoms with Crippen LogP contribution in [0, 0.1) is 0 Å². The normalized spacial score (nSPS) is 11.2. The Morgan fingerprint density at radius 2 is 1.95 bits per heavy atom. The first-order chi connectivity index (χ1) is 9.58. The molecule has 2 N–H and O–H groups in total. The molecule has 0 unspecified atom stereocenters. The van der Waals surface area contributed by atoms with E-state index in [1.165, 1.54) is 0 Å². The Morgan fingerprint density at radius 1 is 1.20 bits per heavy atom. The Hall–Kier alpha value is -1.85. The van der Waals surface area contributed by atoms with E-state index in [0.717, 1.165) is 4.47 Å². The maximum Gasteiger partial charge on any atom is 0.367 e. The van der Waals surface area contributed by atoms with Crippen LogP contribution in [0.5, 0.6) is 0 Å². The second-order valence-electron chi connectivity index (χ2n) is 3.85. The number of benzene rings is 2. The lowest BCUT2D eigenvalue weighted by molar-refractivity contribution is 0.0516. The summed E-state index contributed by atoms with van der Waals surface area (Å²) in [6.45, 7) is 0. The van der Waals surface area contributed by atoms with Crippen LogP contribution in [0.25, 0.3) is 0 Å². The molecule has 0 saturated carbocycles. The Bertz CT molecular complexity index is 674. The van der Waals surface area contributed by atoms with Crippen LogP contribution in [0.15, 0.2) is 58.2 Å². The van der Waals surface area contributed by atoms with Crippen molar-refractivity contribution in [3.63, 3.8) is 0 Å². The zero-order chi connectivity index (χ0) is 14.5. The molecule has 20 heavy (non-hydrogen) atoms. The van der Waals surface area contributed by atoms with E-state index in [4.69, 9.17) is 22.2 Å². The number of carbonyl (C=O) groups is 1. The molecule has 4 nitrogen and oxygen atoms in total. The summed E-state index contributed by atoms with van der Waals surface area (Å²) >= 11 is 9.21. The van der Waals surface area contributed by atoms with E-state index in [-0.39, 0.29) is 11.4 Å². The number of nitrogens with zero attached hydrogens (tertiary/aromatic N) is 1. The van der Waals surface area contributed by atoms with Crippen molar-refractivity contribution in [2.45, 2.75) is 0 Å². The molecule has 0 aromatic heterocycles. The van der Waals surface area contributed by atoms with Gasteiger partial charge in [-0.3, -0.25) is 0 Å². The van der Waals surface area contributed by atoms with Gasteiger partial charge < -0.3 is 10.6 Å². The molecule has 2 aromatic rings. The largest absolute Gasteiger partial charge is 0.380 e. The molecule has 0 amide bonds. The predicted octanol–water partition coefficient (Wildman–Crippen LogP) is 3.58. The molecule has 0 heterocycles. The Kier molecular flexibility index (Phi) is 4.76. The first kappa shape index (κ1) is 14.6. The van der Waals surface area contributed by atoms with Gasteiger partial charge in [-0.2, -0.15) is 0 Å². The maximum atomic E-state index is 11.8. The van der Waals surface area contributed by atoms with Crippen LogP contribution in [-0.4, -0.2) is 11.8 Å². The van der Waals surface area contributed by atoms with E-state index >= 15 is 0 Å². The molecule has 0 saturated heterocycles. The van der Waals surface area contributed by atoms with Gasteiger partial charge in [0.25, 0.3) is 0 Å². The fourth-order valence-corrected chi connectivity index (χ4v) is 2.08. The van der Waals surface area contributed by atoms with Crippen LogP contribution < -0.4 is 5.73 Å². The third kappa shape index (κ3) is 3.59. The van der Waals surface area contributed by atoms with Gasteiger partial charge in [0.2, 0.25) is 0 Å². The minimum Gasteiger partial charge on any atom is -0.380 e. The summed E-state index contributed by atoms with van der Waals surface area (Å²) in [5.74, 6) is -0.555. The molecule has 0 atom stereocenters. The van der Waals surface area contributed by atoms with Crippen LogP contribution in [0.4, 0.5) is 0 Å². The summed E-state index contributed by atoms with van der Waals surface area (Å²) in [4.78, 5) is 16.6. The van der Waals surface area contributed by atoms with E-state index in [0.29, 0.717) is 10.6 Å². The van der Waals surface area contributed by atoms with Gasteiger partial charge in [-0.15, -0.1) is 0 Å². The van der Waals surface area contributed by atoms with Crippen LogP contribution in [-0.2, 0) is 4.84 Å². The van der Waals surface area contributed by atoms with Gasteiger partial charge in [0.15, 0.2) is 5.84 Å². The van der Waals surface area contributed by atoms with Crippen LogP contribution in [0.2, 0.25) is 5.02 Å². The summed E-state index contributed by atoms with van der Waals surface area (Å²) < 4.78 is 0.852. The number of nitrogens with two attached hydrogens (primary N) is 1. The van der Waals surface area contributed by atoms with Crippen LogP contribution in [0.3, 0.4) is 0 Å². The van der Waals surface area contributed by atoms with E-state index in [1.54, 1.807) is 42.5 Å². The highest BCUT2D eigenvalue weighted by Gasteiger charge is 2.11. The third-order valence-electron chi connectivity index (χ3n) is 2.44. The SMILES string of the molecule is N/C(=N\OC(=O)c1ccccc1Cl)c1cccc(Br)c1. The molecule has 0 spiro atoms. The fraction of sp³-hybridized carbons (Fsp3) is 0. The highest BCUT2D eigenvalue weighted by atomic mass is 79.9. The minimum absolute atomic E-state index is 0.103. The Labute approximate surface area is 129 Å².